The Morgan fingerprint density at radius 1 is 1.07 bits per heavy atom. The predicted molar refractivity (Wildman–Crippen MR) is 53.0 cm³/mol. The lowest BCUT2D eigenvalue weighted by atomic mass is 10.1. The van der Waals surface area contributed by atoms with Gasteiger partial charge in [-0.2, -0.15) is 0 Å². The fourth-order valence-corrected chi connectivity index (χ4v) is 1.92. The maximum absolute atomic E-state index is 9.50. The minimum Gasteiger partial charge on any atom is -0.493 e. The molecule has 0 saturated heterocycles. The second kappa shape index (κ2) is 3.50. The number of aliphatic hydroxyl groups excluding tert-OH is 1. The molecule has 1 aliphatic rings. The Kier molecular flexibility index (Phi) is 2.33. The Morgan fingerprint density at radius 3 is 1.86 bits per heavy atom. The summed E-state index contributed by atoms with van der Waals surface area (Å²) in [6.45, 7) is 0. The Labute approximate surface area is 83.3 Å². The van der Waals surface area contributed by atoms with Gasteiger partial charge in [-0.15, -0.1) is 0 Å². The molecule has 0 saturated carbocycles. The summed E-state index contributed by atoms with van der Waals surface area (Å²) in [6.07, 6.45) is 1.19. The van der Waals surface area contributed by atoms with Crippen LogP contribution in [0.2, 0.25) is 0 Å². The summed E-state index contributed by atoms with van der Waals surface area (Å²) in [4.78, 5) is 0. The van der Waals surface area contributed by atoms with Gasteiger partial charge in [0.05, 0.1) is 20.3 Å². The Bertz CT molecular complexity index is 314. The van der Waals surface area contributed by atoms with Gasteiger partial charge in [-0.1, -0.05) is 0 Å². The van der Waals surface area contributed by atoms with E-state index in [-0.39, 0.29) is 6.10 Å². The average molecular weight is 194 g/mol. The summed E-state index contributed by atoms with van der Waals surface area (Å²) in [6, 6.07) is 3.90. The van der Waals surface area contributed by atoms with Gasteiger partial charge >= 0.3 is 0 Å². The van der Waals surface area contributed by atoms with Crippen LogP contribution in [0, 0.1) is 0 Å². The van der Waals surface area contributed by atoms with E-state index in [1.807, 2.05) is 12.1 Å². The monoisotopic (exact) mass is 194 g/mol. The quantitative estimate of drug-likeness (QED) is 0.768. The number of hydrogen-bond acceptors (Lipinski definition) is 3. The summed E-state index contributed by atoms with van der Waals surface area (Å²) in [5, 5.41) is 9.50. The highest BCUT2D eigenvalue weighted by Gasteiger charge is 2.21. The number of aliphatic hydroxyl groups is 1. The van der Waals surface area contributed by atoms with E-state index in [0.717, 1.165) is 35.5 Å². The standard InChI is InChI=1S/C11H14O3/c1-13-10-5-7-3-9(12)4-8(7)6-11(10)14-2/h5-6,9,12H,3-4H2,1-2H3. The highest BCUT2D eigenvalue weighted by atomic mass is 16.5. The molecule has 0 fully saturated rings. The fourth-order valence-electron chi connectivity index (χ4n) is 1.92. The molecule has 0 spiro atoms. The normalized spacial score (nSPS) is 15.4. The van der Waals surface area contributed by atoms with Gasteiger partial charge in [0.25, 0.3) is 0 Å². The lowest BCUT2D eigenvalue weighted by Gasteiger charge is -2.09. The van der Waals surface area contributed by atoms with E-state index in [1.165, 1.54) is 0 Å². The molecular formula is C11H14O3. The number of hydrogen-bond donors (Lipinski definition) is 1. The van der Waals surface area contributed by atoms with Crippen molar-refractivity contribution in [2.24, 2.45) is 0 Å². The van der Waals surface area contributed by atoms with Crippen LogP contribution in [0.25, 0.3) is 0 Å². The SMILES string of the molecule is COc1cc2c(cc1OC)CC(O)C2. The van der Waals surface area contributed by atoms with Gasteiger partial charge in [0.2, 0.25) is 0 Å². The van der Waals surface area contributed by atoms with Crippen LogP contribution in [0.15, 0.2) is 12.1 Å². The van der Waals surface area contributed by atoms with Crippen molar-refractivity contribution < 1.29 is 14.6 Å². The number of methoxy groups -OCH3 is 2. The summed E-state index contributed by atoms with van der Waals surface area (Å²) in [7, 11) is 3.24. The molecule has 0 heterocycles. The molecule has 0 unspecified atom stereocenters. The van der Waals surface area contributed by atoms with E-state index in [4.69, 9.17) is 9.47 Å². The third-order valence-corrected chi connectivity index (χ3v) is 2.62. The molecule has 1 aliphatic carbocycles. The maximum Gasteiger partial charge on any atom is 0.161 e. The predicted octanol–water partition coefficient (Wildman–Crippen LogP) is 1.16. The zero-order valence-electron chi connectivity index (χ0n) is 8.41. The van der Waals surface area contributed by atoms with Gasteiger partial charge in [0.1, 0.15) is 0 Å². The molecule has 1 N–H and O–H groups in total. The van der Waals surface area contributed by atoms with Gasteiger partial charge in [0, 0.05) is 0 Å². The lowest BCUT2D eigenvalue weighted by Crippen LogP contribution is -2.03. The average Bonchev–Trinajstić information content (AvgIpc) is 2.54. The molecule has 0 aliphatic heterocycles. The number of benzene rings is 1. The van der Waals surface area contributed by atoms with Crippen molar-refractivity contribution in [3.63, 3.8) is 0 Å². The zero-order chi connectivity index (χ0) is 10.1. The summed E-state index contributed by atoms with van der Waals surface area (Å²) in [5.74, 6) is 1.47. The Hall–Kier alpha value is -1.22. The third-order valence-electron chi connectivity index (χ3n) is 2.62. The first-order valence-corrected chi connectivity index (χ1v) is 4.66. The number of fused-ring (bicyclic) bond motifs is 1. The lowest BCUT2D eigenvalue weighted by molar-refractivity contribution is 0.187. The van der Waals surface area contributed by atoms with Crippen LogP contribution in [0.4, 0.5) is 0 Å². The van der Waals surface area contributed by atoms with Gasteiger partial charge in [-0.25, -0.2) is 0 Å². The van der Waals surface area contributed by atoms with Crippen LogP contribution in [0.1, 0.15) is 11.1 Å². The van der Waals surface area contributed by atoms with Gasteiger partial charge in [-0.05, 0) is 36.1 Å². The zero-order valence-corrected chi connectivity index (χ0v) is 8.41. The van der Waals surface area contributed by atoms with Crippen LogP contribution < -0.4 is 9.47 Å². The van der Waals surface area contributed by atoms with Gasteiger partial charge in [-0.3, -0.25) is 0 Å². The van der Waals surface area contributed by atoms with Crippen molar-refractivity contribution in [1.29, 1.82) is 0 Å². The van der Waals surface area contributed by atoms with Crippen LogP contribution >= 0.6 is 0 Å². The van der Waals surface area contributed by atoms with Crippen molar-refractivity contribution in [2.45, 2.75) is 18.9 Å². The number of ether oxygens (including phenoxy) is 2. The molecule has 0 amide bonds. The highest BCUT2D eigenvalue weighted by Crippen LogP contribution is 2.34. The van der Waals surface area contributed by atoms with Gasteiger partial charge < -0.3 is 14.6 Å². The van der Waals surface area contributed by atoms with Crippen molar-refractivity contribution in [1.82, 2.24) is 0 Å². The molecule has 3 heteroatoms. The third kappa shape index (κ3) is 1.44. The Morgan fingerprint density at radius 2 is 1.50 bits per heavy atom. The summed E-state index contributed by atoms with van der Waals surface area (Å²) in [5.41, 5.74) is 2.32. The smallest absolute Gasteiger partial charge is 0.161 e. The first kappa shape index (κ1) is 9.34. The van der Waals surface area contributed by atoms with Crippen molar-refractivity contribution >= 4 is 0 Å². The van der Waals surface area contributed by atoms with E-state index >= 15 is 0 Å². The second-order valence-corrected chi connectivity index (χ2v) is 3.54. The molecule has 0 bridgehead atoms. The number of rotatable bonds is 2. The van der Waals surface area contributed by atoms with E-state index in [0.29, 0.717) is 0 Å². The molecule has 0 atom stereocenters. The molecule has 0 aromatic heterocycles. The minimum absolute atomic E-state index is 0.248. The van der Waals surface area contributed by atoms with Crippen LogP contribution in [0.3, 0.4) is 0 Å². The van der Waals surface area contributed by atoms with Crippen molar-refractivity contribution in [3.8, 4) is 11.5 Å². The first-order valence-electron chi connectivity index (χ1n) is 4.66. The molecular weight excluding hydrogens is 180 g/mol. The van der Waals surface area contributed by atoms with Gasteiger partial charge in [0.15, 0.2) is 11.5 Å². The molecule has 1 aromatic carbocycles. The Balaban J connectivity index is 2.43. The van der Waals surface area contributed by atoms with E-state index in [2.05, 4.69) is 0 Å². The fraction of sp³-hybridized carbons (Fsp3) is 0.455. The molecule has 76 valence electrons. The molecule has 1 aromatic rings. The first-order chi connectivity index (χ1) is 6.74. The molecule has 2 rings (SSSR count). The van der Waals surface area contributed by atoms with Crippen LogP contribution in [-0.2, 0) is 12.8 Å². The largest absolute Gasteiger partial charge is 0.493 e. The topological polar surface area (TPSA) is 38.7 Å². The maximum atomic E-state index is 9.50. The molecule has 14 heavy (non-hydrogen) atoms. The van der Waals surface area contributed by atoms with Crippen molar-refractivity contribution in [2.75, 3.05) is 14.2 Å². The van der Waals surface area contributed by atoms with E-state index in [1.54, 1.807) is 14.2 Å². The minimum atomic E-state index is -0.248. The van der Waals surface area contributed by atoms with Crippen molar-refractivity contribution in [3.05, 3.63) is 23.3 Å². The second-order valence-electron chi connectivity index (χ2n) is 3.54. The van der Waals surface area contributed by atoms with Crippen LogP contribution in [-0.4, -0.2) is 25.4 Å². The summed E-state index contributed by atoms with van der Waals surface area (Å²) < 4.78 is 10.4. The molecule has 0 radical (unpaired) electrons. The molecule has 3 nitrogen and oxygen atoms in total. The van der Waals surface area contributed by atoms with Crippen LogP contribution in [0.5, 0.6) is 11.5 Å². The summed E-state index contributed by atoms with van der Waals surface area (Å²) >= 11 is 0. The highest BCUT2D eigenvalue weighted by molar-refractivity contribution is 5.49. The van der Waals surface area contributed by atoms with E-state index in [9.17, 15) is 5.11 Å². The van der Waals surface area contributed by atoms with E-state index < -0.39 is 0 Å².